The lowest BCUT2D eigenvalue weighted by molar-refractivity contribution is 0.815. The predicted molar refractivity (Wildman–Crippen MR) is 80.9 cm³/mol. The molecule has 100 valence electrons. The van der Waals surface area contributed by atoms with Gasteiger partial charge in [-0.25, -0.2) is 4.98 Å². The van der Waals surface area contributed by atoms with Crippen molar-refractivity contribution in [3.8, 4) is 6.07 Å². The highest BCUT2D eigenvalue weighted by atomic mass is 15.0. The molecule has 0 spiro atoms. The molecule has 1 aromatic carbocycles. The average Bonchev–Trinajstić information content (AvgIpc) is 3.10. The molecule has 0 N–H and O–H groups in total. The Morgan fingerprint density at radius 1 is 1.10 bits per heavy atom. The van der Waals surface area contributed by atoms with Crippen molar-refractivity contribution >= 4 is 16.6 Å². The molecule has 0 atom stereocenters. The first-order valence-electron chi connectivity index (χ1n) is 6.75. The predicted octanol–water partition coefficient (Wildman–Crippen LogP) is 3.21. The van der Waals surface area contributed by atoms with E-state index in [1.54, 1.807) is 0 Å². The number of imidazole rings is 1. The fourth-order valence-electron chi connectivity index (χ4n) is 2.63. The van der Waals surface area contributed by atoms with E-state index in [4.69, 9.17) is 5.26 Å². The van der Waals surface area contributed by atoms with Gasteiger partial charge in [0.25, 0.3) is 0 Å². The molecule has 0 aliphatic carbocycles. The molecule has 4 rings (SSSR count). The molecule has 0 saturated heterocycles. The molecule has 3 aromatic heterocycles. The van der Waals surface area contributed by atoms with Gasteiger partial charge in [-0.05, 0) is 35.7 Å². The van der Waals surface area contributed by atoms with Gasteiger partial charge in [0.05, 0.1) is 23.9 Å². The second-order valence-electron chi connectivity index (χ2n) is 5.03. The van der Waals surface area contributed by atoms with Gasteiger partial charge in [-0.1, -0.05) is 12.1 Å². The normalized spacial score (nSPS) is 11.0. The fraction of sp³-hybridized carbons (Fsp3) is 0.0588. The van der Waals surface area contributed by atoms with Crippen molar-refractivity contribution in [2.24, 2.45) is 0 Å². The van der Waals surface area contributed by atoms with E-state index in [0.717, 1.165) is 22.2 Å². The average molecular weight is 272 g/mol. The van der Waals surface area contributed by atoms with Crippen LogP contribution in [0.15, 0.2) is 61.1 Å². The minimum absolute atomic E-state index is 0.678. The summed E-state index contributed by atoms with van der Waals surface area (Å²) in [7, 11) is 0. The lowest BCUT2D eigenvalue weighted by Crippen LogP contribution is -1.98. The first kappa shape index (κ1) is 11.7. The summed E-state index contributed by atoms with van der Waals surface area (Å²) in [4.78, 5) is 4.61. The number of hydrogen-bond donors (Lipinski definition) is 0. The molecule has 4 heteroatoms. The number of pyridine rings is 1. The van der Waals surface area contributed by atoms with Crippen LogP contribution in [-0.2, 0) is 6.54 Å². The Morgan fingerprint density at radius 2 is 2.05 bits per heavy atom. The zero-order valence-corrected chi connectivity index (χ0v) is 11.3. The smallest absolute Gasteiger partial charge is 0.137 e. The van der Waals surface area contributed by atoms with Gasteiger partial charge in [0, 0.05) is 24.1 Å². The van der Waals surface area contributed by atoms with Crippen LogP contribution in [0.5, 0.6) is 0 Å². The van der Waals surface area contributed by atoms with E-state index in [-0.39, 0.29) is 0 Å². The molecule has 0 unspecified atom stereocenters. The highest BCUT2D eigenvalue weighted by Gasteiger charge is 2.06. The van der Waals surface area contributed by atoms with Crippen LogP contribution < -0.4 is 0 Å². The van der Waals surface area contributed by atoms with Gasteiger partial charge in [-0.2, -0.15) is 5.26 Å². The summed E-state index contributed by atoms with van der Waals surface area (Å²) < 4.78 is 4.14. The zero-order valence-electron chi connectivity index (χ0n) is 11.3. The molecule has 4 nitrogen and oxygen atoms in total. The van der Waals surface area contributed by atoms with Crippen LogP contribution in [-0.4, -0.2) is 14.0 Å². The number of nitrogens with zero attached hydrogens (tertiary/aromatic N) is 4. The number of hydrogen-bond acceptors (Lipinski definition) is 2. The molecule has 0 amide bonds. The Balaban J connectivity index is 1.78. The maximum Gasteiger partial charge on any atom is 0.137 e. The minimum atomic E-state index is 0.678. The first-order valence-corrected chi connectivity index (χ1v) is 6.75. The van der Waals surface area contributed by atoms with Crippen LogP contribution in [0.3, 0.4) is 0 Å². The van der Waals surface area contributed by atoms with Gasteiger partial charge in [-0.15, -0.1) is 0 Å². The molecular weight excluding hydrogens is 260 g/mol. The SMILES string of the molecule is N#Cc1ccc2ccn(Cc3cn4ccccc4n3)c2c1. The zero-order chi connectivity index (χ0) is 14.2. The Labute approximate surface area is 121 Å². The standard InChI is InChI=1S/C17H12N4/c18-10-13-4-5-14-6-8-20(16(14)9-13)11-15-12-21-7-2-1-3-17(21)19-15/h1-9,12H,11H2. The Morgan fingerprint density at radius 3 is 2.90 bits per heavy atom. The van der Waals surface area contributed by atoms with E-state index in [1.165, 1.54) is 0 Å². The molecule has 3 heterocycles. The Hall–Kier alpha value is -3.06. The van der Waals surface area contributed by atoms with Gasteiger partial charge in [0.15, 0.2) is 0 Å². The summed E-state index contributed by atoms with van der Waals surface area (Å²) in [6.07, 6.45) is 6.07. The summed E-state index contributed by atoms with van der Waals surface area (Å²) in [5.74, 6) is 0. The second-order valence-corrected chi connectivity index (χ2v) is 5.03. The maximum absolute atomic E-state index is 9.04. The van der Waals surface area contributed by atoms with Crippen molar-refractivity contribution < 1.29 is 0 Å². The van der Waals surface area contributed by atoms with Crippen LogP contribution in [0.25, 0.3) is 16.6 Å². The van der Waals surface area contributed by atoms with Crippen LogP contribution in [0.1, 0.15) is 11.3 Å². The number of rotatable bonds is 2. The number of benzene rings is 1. The van der Waals surface area contributed by atoms with Gasteiger partial charge in [0.2, 0.25) is 0 Å². The van der Waals surface area contributed by atoms with Crippen molar-refractivity contribution in [3.63, 3.8) is 0 Å². The molecule has 0 bridgehead atoms. The Bertz CT molecular complexity index is 952. The van der Waals surface area contributed by atoms with Crippen LogP contribution in [0.4, 0.5) is 0 Å². The summed E-state index contributed by atoms with van der Waals surface area (Å²) >= 11 is 0. The van der Waals surface area contributed by atoms with E-state index >= 15 is 0 Å². The maximum atomic E-state index is 9.04. The third-order valence-corrected chi connectivity index (χ3v) is 3.65. The molecule has 0 fully saturated rings. The summed E-state index contributed by atoms with van der Waals surface area (Å²) in [6.45, 7) is 0.695. The monoisotopic (exact) mass is 272 g/mol. The number of aromatic nitrogens is 3. The molecule has 21 heavy (non-hydrogen) atoms. The molecule has 0 aliphatic heterocycles. The van der Waals surface area contributed by atoms with Crippen molar-refractivity contribution in [3.05, 3.63) is 72.3 Å². The van der Waals surface area contributed by atoms with Crippen molar-refractivity contribution in [1.29, 1.82) is 5.26 Å². The molecular formula is C17H12N4. The topological polar surface area (TPSA) is 46.0 Å². The van der Waals surface area contributed by atoms with Crippen LogP contribution >= 0.6 is 0 Å². The Kier molecular flexibility index (Phi) is 2.51. The molecule has 0 saturated carbocycles. The highest BCUT2D eigenvalue weighted by Crippen LogP contribution is 2.19. The third-order valence-electron chi connectivity index (χ3n) is 3.65. The quantitative estimate of drug-likeness (QED) is 0.562. The van der Waals surface area contributed by atoms with E-state index in [2.05, 4.69) is 21.7 Å². The lowest BCUT2D eigenvalue weighted by Gasteiger charge is -2.02. The van der Waals surface area contributed by atoms with Gasteiger partial charge >= 0.3 is 0 Å². The van der Waals surface area contributed by atoms with E-state index in [9.17, 15) is 0 Å². The van der Waals surface area contributed by atoms with Gasteiger partial charge < -0.3 is 8.97 Å². The molecule has 4 aromatic rings. The molecule has 0 radical (unpaired) electrons. The summed E-state index contributed by atoms with van der Waals surface area (Å²) in [5.41, 5.74) is 3.69. The third kappa shape index (κ3) is 1.96. The summed E-state index contributed by atoms with van der Waals surface area (Å²) in [6, 6.07) is 16.0. The van der Waals surface area contributed by atoms with E-state index in [0.29, 0.717) is 12.1 Å². The van der Waals surface area contributed by atoms with Crippen molar-refractivity contribution in [2.75, 3.05) is 0 Å². The van der Waals surface area contributed by atoms with Gasteiger partial charge in [0.1, 0.15) is 5.65 Å². The van der Waals surface area contributed by atoms with Crippen molar-refractivity contribution in [1.82, 2.24) is 14.0 Å². The highest BCUT2D eigenvalue weighted by molar-refractivity contribution is 5.81. The minimum Gasteiger partial charge on any atom is -0.341 e. The van der Waals surface area contributed by atoms with E-state index in [1.807, 2.05) is 59.4 Å². The fourth-order valence-corrected chi connectivity index (χ4v) is 2.63. The van der Waals surface area contributed by atoms with Crippen LogP contribution in [0, 0.1) is 11.3 Å². The largest absolute Gasteiger partial charge is 0.341 e. The first-order chi connectivity index (χ1) is 10.3. The van der Waals surface area contributed by atoms with Gasteiger partial charge in [-0.3, -0.25) is 0 Å². The second kappa shape index (κ2) is 4.50. The number of fused-ring (bicyclic) bond motifs is 2. The summed E-state index contributed by atoms with van der Waals surface area (Å²) in [5, 5.41) is 10.2. The van der Waals surface area contributed by atoms with E-state index < -0.39 is 0 Å². The lowest BCUT2D eigenvalue weighted by atomic mass is 10.2. The number of nitriles is 1. The molecule has 0 aliphatic rings. The van der Waals surface area contributed by atoms with Crippen molar-refractivity contribution in [2.45, 2.75) is 6.54 Å². The van der Waals surface area contributed by atoms with Crippen LogP contribution in [0.2, 0.25) is 0 Å².